The van der Waals surface area contributed by atoms with Crippen molar-refractivity contribution < 1.29 is 4.74 Å². The largest absolute Gasteiger partial charge is 0.381 e. The molecule has 1 rings (SSSR count). The summed E-state index contributed by atoms with van der Waals surface area (Å²) >= 11 is 4.21. The molecule has 2 nitrogen and oxygen atoms in total. The van der Waals surface area contributed by atoms with Gasteiger partial charge in [0.2, 0.25) is 0 Å². The van der Waals surface area contributed by atoms with Crippen LogP contribution in [-0.4, -0.2) is 43.5 Å². The zero-order valence-corrected chi connectivity index (χ0v) is 8.02. The van der Waals surface area contributed by atoms with Gasteiger partial charge >= 0.3 is 0 Å². The van der Waals surface area contributed by atoms with Crippen molar-refractivity contribution in [3.63, 3.8) is 0 Å². The second kappa shape index (κ2) is 5.01. The average molecular weight is 175 g/mol. The van der Waals surface area contributed by atoms with Crippen molar-refractivity contribution in [3.8, 4) is 0 Å². The van der Waals surface area contributed by atoms with Crippen molar-refractivity contribution >= 4 is 12.6 Å². The van der Waals surface area contributed by atoms with Gasteiger partial charge in [0.25, 0.3) is 0 Å². The SMILES string of the molecule is CN(CCS)C1CCOCC1. The molecule has 0 aromatic heterocycles. The Morgan fingerprint density at radius 2 is 2.09 bits per heavy atom. The van der Waals surface area contributed by atoms with Crippen molar-refractivity contribution in [2.75, 3.05) is 32.6 Å². The molecular formula is C8H17NOS. The highest BCUT2D eigenvalue weighted by Gasteiger charge is 2.16. The summed E-state index contributed by atoms with van der Waals surface area (Å²) in [7, 11) is 2.17. The fraction of sp³-hybridized carbons (Fsp3) is 1.00. The smallest absolute Gasteiger partial charge is 0.0480 e. The van der Waals surface area contributed by atoms with E-state index in [2.05, 4.69) is 24.6 Å². The van der Waals surface area contributed by atoms with Crippen molar-refractivity contribution in [1.82, 2.24) is 4.90 Å². The van der Waals surface area contributed by atoms with Gasteiger partial charge in [0, 0.05) is 31.6 Å². The van der Waals surface area contributed by atoms with Gasteiger partial charge in [-0.2, -0.15) is 12.6 Å². The van der Waals surface area contributed by atoms with E-state index in [1.165, 1.54) is 12.8 Å². The van der Waals surface area contributed by atoms with Crippen LogP contribution in [0, 0.1) is 0 Å². The van der Waals surface area contributed by atoms with Gasteiger partial charge in [-0.15, -0.1) is 0 Å². The van der Waals surface area contributed by atoms with Gasteiger partial charge in [-0.3, -0.25) is 0 Å². The fourth-order valence-electron chi connectivity index (χ4n) is 1.47. The first kappa shape index (κ1) is 9.36. The molecule has 0 N–H and O–H groups in total. The van der Waals surface area contributed by atoms with Crippen LogP contribution in [0.5, 0.6) is 0 Å². The number of thiol groups is 1. The quantitative estimate of drug-likeness (QED) is 0.643. The lowest BCUT2D eigenvalue weighted by Crippen LogP contribution is -2.37. The van der Waals surface area contributed by atoms with Crippen molar-refractivity contribution in [1.29, 1.82) is 0 Å². The molecule has 0 atom stereocenters. The third-order valence-corrected chi connectivity index (χ3v) is 2.47. The molecule has 0 unspecified atom stereocenters. The van der Waals surface area contributed by atoms with Gasteiger partial charge in [-0.05, 0) is 19.9 Å². The van der Waals surface area contributed by atoms with Crippen LogP contribution in [0.4, 0.5) is 0 Å². The number of hydrogen-bond acceptors (Lipinski definition) is 3. The van der Waals surface area contributed by atoms with Gasteiger partial charge in [0.1, 0.15) is 0 Å². The van der Waals surface area contributed by atoms with Gasteiger partial charge in [-0.25, -0.2) is 0 Å². The highest BCUT2D eigenvalue weighted by molar-refractivity contribution is 7.80. The minimum atomic E-state index is 0.732. The van der Waals surface area contributed by atoms with Crippen LogP contribution < -0.4 is 0 Å². The van der Waals surface area contributed by atoms with Gasteiger partial charge in [0.05, 0.1) is 0 Å². The fourth-order valence-corrected chi connectivity index (χ4v) is 1.78. The van der Waals surface area contributed by atoms with Crippen LogP contribution in [-0.2, 0) is 4.74 Å². The molecule has 1 aliphatic rings. The Balaban J connectivity index is 2.21. The van der Waals surface area contributed by atoms with Crippen LogP contribution in [0.1, 0.15) is 12.8 Å². The maximum Gasteiger partial charge on any atom is 0.0480 e. The first-order valence-corrected chi connectivity index (χ1v) is 4.86. The first-order valence-electron chi connectivity index (χ1n) is 4.23. The van der Waals surface area contributed by atoms with Crippen LogP contribution >= 0.6 is 12.6 Å². The minimum Gasteiger partial charge on any atom is -0.381 e. The van der Waals surface area contributed by atoms with Crippen molar-refractivity contribution in [2.24, 2.45) is 0 Å². The van der Waals surface area contributed by atoms with E-state index in [4.69, 9.17) is 4.74 Å². The lowest BCUT2D eigenvalue weighted by molar-refractivity contribution is 0.0451. The molecule has 0 aromatic carbocycles. The zero-order valence-electron chi connectivity index (χ0n) is 7.12. The lowest BCUT2D eigenvalue weighted by Gasteiger charge is -2.30. The summed E-state index contributed by atoms with van der Waals surface area (Å²) in [5, 5.41) is 0. The molecule has 11 heavy (non-hydrogen) atoms. The first-order chi connectivity index (χ1) is 5.34. The topological polar surface area (TPSA) is 12.5 Å². The molecule has 1 heterocycles. The van der Waals surface area contributed by atoms with Crippen LogP contribution in [0.3, 0.4) is 0 Å². The zero-order chi connectivity index (χ0) is 8.10. The summed E-state index contributed by atoms with van der Waals surface area (Å²) < 4.78 is 5.28. The summed E-state index contributed by atoms with van der Waals surface area (Å²) in [4.78, 5) is 2.38. The Morgan fingerprint density at radius 3 is 2.64 bits per heavy atom. The monoisotopic (exact) mass is 175 g/mol. The summed E-state index contributed by atoms with van der Waals surface area (Å²) in [6.07, 6.45) is 2.37. The molecular weight excluding hydrogens is 158 g/mol. The van der Waals surface area contributed by atoms with Gasteiger partial charge < -0.3 is 9.64 Å². The number of nitrogens with zero attached hydrogens (tertiary/aromatic N) is 1. The Bertz CT molecular complexity index is 104. The van der Waals surface area contributed by atoms with E-state index in [0.717, 1.165) is 31.6 Å². The normalized spacial score (nSPS) is 21.0. The van der Waals surface area contributed by atoms with Crippen molar-refractivity contribution in [3.05, 3.63) is 0 Å². The Hall–Kier alpha value is 0.270. The van der Waals surface area contributed by atoms with Crippen molar-refractivity contribution in [2.45, 2.75) is 18.9 Å². The van der Waals surface area contributed by atoms with Crippen LogP contribution in [0.2, 0.25) is 0 Å². The molecule has 1 aliphatic heterocycles. The molecule has 0 saturated carbocycles. The molecule has 0 radical (unpaired) electrons. The number of rotatable bonds is 3. The second-order valence-electron chi connectivity index (χ2n) is 3.05. The maximum atomic E-state index is 5.28. The maximum absolute atomic E-state index is 5.28. The highest BCUT2D eigenvalue weighted by Crippen LogP contribution is 2.12. The summed E-state index contributed by atoms with van der Waals surface area (Å²) in [6, 6.07) is 0.732. The molecule has 0 aliphatic carbocycles. The van der Waals surface area contributed by atoms with E-state index < -0.39 is 0 Å². The van der Waals surface area contributed by atoms with Gasteiger partial charge in [-0.1, -0.05) is 0 Å². The molecule has 0 amide bonds. The summed E-state index contributed by atoms with van der Waals surface area (Å²) in [6.45, 7) is 2.96. The van der Waals surface area contributed by atoms with Gasteiger partial charge in [0.15, 0.2) is 0 Å². The lowest BCUT2D eigenvalue weighted by atomic mass is 10.1. The van der Waals surface area contributed by atoms with E-state index in [1.54, 1.807) is 0 Å². The molecule has 0 bridgehead atoms. The molecule has 1 fully saturated rings. The van der Waals surface area contributed by atoms with E-state index in [9.17, 15) is 0 Å². The molecule has 1 saturated heterocycles. The Kier molecular flexibility index (Phi) is 4.26. The predicted octanol–water partition coefficient (Wildman–Crippen LogP) is 1.03. The standard InChI is InChI=1S/C8H17NOS/c1-9(4-7-11)8-2-5-10-6-3-8/h8,11H,2-7H2,1H3. The van der Waals surface area contributed by atoms with E-state index in [1.807, 2.05) is 0 Å². The molecule has 0 spiro atoms. The number of hydrogen-bond donors (Lipinski definition) is 1. The Labute approximate surface area is 74.3 Å². The average Bonchev–Trinajstić information content (AvgIpc) is 2.07. The van der Waals surface area contributed by atoms with Crippen LogP contribution in [0.25, 0.3) is 0 Å². The van der Waals surface area contributed by atoms with E-state index in [-0.39, 0.29) is 0 Å². The third kappa shape index (κ3) is 3.01. The van der Waals surface area contributed by atoms with E-state index >= 15 is 0 Å². The molecule has 3 heteroatoms. The van der Waals surface area contributed by atoms with E-state index in [0.29, 0.717) is 0 Å². The highest BCUT2D eigenvalue weighted by atomic mass is 32.1. The Morgan fingerprint density at radius 1 is 1.45 bits per heavy atom. The minimum absolute atomic E-state index is 0.732. The predicted molar refractivity (Wildman–Crippen MR) is 50.3 cm³/mol. The molecule has 66 valence electrons. The summed E-state index contributed by atoms with van der Waals surface area (Å²) in [5.41, 5.74) is 0. The molecule has 0 aromatic rings. The summed E-state index contributed by atoms with van der Waals surface area (Å²) in [5.74, 6) is 0.952. The number of ether oxygens (including phenoxy) is 1. The second-order valence-corrected chi connectivity index (χ2v) is 3.49. The van der Waals surface area contributed by atoms with Crippen LogP contribution in [0.15, 0.2) is 0 Å². The third-order valence-electron chi connectivity index (χ3n) is 2.27.